The Morgan fingerprint density at radius 2 is 1.70 bits per heavy atom. The van der Waals surface area contributed by atoms with Crippen LogP contribution in [0, 0.1) is 5.92 Å². The largest absolute Gasteiger partial charge is 0.497 e. The van der Waals surface area contributed by atoms with Crippen molar-refractivity contribution in [3.05, 3.63) is 70.9 Å². The quantitative estimate of drug-likeness (QED) is 0.429. The van der Waals surface area contributed by atoms with Gasteiger partial charge in [-0.15, -0.1) is 11.6 Å². The first-order valence-electron chi connectivity index (χ1n) is 11.9. The standard InChI is InChI=1S/C28H34ClNO3/c1-28(2,3)33-27(31)30-24(19-10-6-5-7-11-19)18-21-12-8-9-13-23(21)26(30)25(29)20-14-16-22(32-4)17-15-20/h8-9,12-19,25-26H,5-7,10-11H2,1-4H3. The predicted molar refractivity (Wildman–Crippen MR) is 133 cm³/mol. The number of carbonyl (C=O) groups excluding carboxylic acids is 1. The SMILES string of the molecule is COc1ccc(C(Cl)C2c3ccccc3C=C(C3CCCCC3)N2C(=O)OC(C)(C)C)cc1. The zero-order chi connectivity index (χ0) is 23.6. The summed E-state index contributed by atoms with van der Waals surface area (Å²) in [5, 5.41) is -0.447. The fraction of sp³-hybridized carbons (Fsp3) is 0.464. The lowest BCUT2D eigenvalue weighted by molar-refractivity contribution is 0.0199. The molecule has 1 fully saturated rings. The third-order valence-corrected chi connectivity index (χ3v) is 6.99. The third kappa shape index (κ3) is 5.22. The molecule has 0 aromatic heterocycles. The van der Waals surface area contributed by atoms with E-state index < -0.39 is 11.0 Å². The highest BCUT2D eigenvalue weighted by atomic mass is 35.5. The Kier molecular flexibility index (Phi) is 7.04. The average Bonchev–Trinajstić information content (AvgIpc) is 2.82. The summed E-state index contributed by atoms with van der Waals surface area (Å²) in [6, 6.07) is 15.7. The molecule has 1 aliphatic carbocycles. The molecule has 2 unspecified atom stereocenters. The second-order valence-corrected chi connectivity index (χ2v) is 10.5. The van der Waals surface area contributed by atoms with Crippen LogP contribution in [0.25, 0.3) is 6.08 Å². The average molecular weight is 468 g/mol. The van der Waals surface area contributed by atoms with Gasteiger partial charge in [0.1, 0.15) is 11.4 Å². The molecule has 0 bridgehead atoms. The Morgan fingerprint density at radius 3 is 2.33 bits per heavy atom. The highest BCUT2D eigenvalue weighted by molar-refractivity contribution is 6.21. The smallest absolute Gasteiger partial charge is 0.415 e. The van der Waals surface area contributed by atoms with Gasteiger partial charge in [0.15, 0.2) is 0 Å². The number of ether oxygens (including phenoxy) is 2. The molecule has 0 saturated heterocycles. The number of alkyl halides is 1. The van der Waals surface area contributed by atoms with Gasteiger partial charge in [0.2, 0.25) is 0 Å². The Morgan fingerprint density at radius 1 is 1.03 bits per heavy atom. The lowest BCUT2D eigenvalue weighted by atomic mass is 9.81. The maximum atomic E-state index is 13.7. The molecule has 0 spiro atoms. The van der Waals surface area contributed by atoms with Crippen LogP contribution >= 0.6 is 11.6 Å². The number of benzene rings is 2. The Bertz CT molecular complexity index is 1000. The number of hydrogen-bond acceptors (Lipinski definition) is 3. The van der Waals surface area contributed by atoms with E-state index in [1.165, 1.54) is 19.3 Å². The molecule has 1 amide bonds. The van der Waals surface area contributed by atoms with Crippen LogP contribution in [0.15, 0.2) is 54.2 Å². The van der Waals surface area contributed by atoms with Crippen molar-refractivity contribution in [2.45, 2.75) is 69.9 Å². The Hall–Kier alpha value is -2.46. The van der Waals surface area contributed by atoms with Gasteiger partial charge >= 0.3 is 6.09 Å². The molecule has 2 aromatic carbocycles. The number of carbonyl (C=O) groups is 1. The molecule has 1 saturated carbocycles. The van der Waals surface area contributed by atoms with Crippen LogP contribution in [-0.4, -0.2) is 23.7 Å². The highest BCUT2D eigenvalue weighted by Crippen LogP contribution is 2.49. The summed E-state index contributed by atoms with van der Waals surface area (Å²) >= 11 is 7.21. The molecule has 2 aliphatic rings. The van der Waals surface area contributed by atoms with E-state index in [0.717, 1.165) is 41.0 Å². The highest BCUT2D eigenvalue weighted by Gasteiger charge is 2.42. The molecule has 176 valence electrons. The number of hydrogen-bond donors (Lipinski definition) is 0. The van der Waals surface area contributed by atoms with Gasteiger partial charge in [0, 0.05) is 5.70 Å². The van der Waals surface area contributed by atoms with Crippen LogP contribution in [-0.2, 0) is 4.74 Å². The monoisotopic (exact) mass is 467 g/mol. The summed E-state index contributed by atoms with van der Waals surface area (Å²) in [5.74, 6) is 1.10. The molecule has 4 nitrogen and oxygen atoms in total. The first-order chi connectivity index (χ1) is 15.8. The lowest BCUT2D eigenvalue weighted by Gasteiger charge is -2.43. The van der Waals surface area contributed by atoms with Gasteiger partial charge in [0.05, 0.1) is 18.5 Å². The zero-order valence-electron chi connectivity index (χ0n) is 20.0. The number of nitrogens with zero attached hydrogens (tertiary/aromatic N) is 1. The summed E-state index contributed by atoms with van der Waals surface area (Å²) in [7, 11) is 1.65. The van der Waals surface area contributed by atoms with Crippen LogP contribution in [0.2, 0.25) is 0 Å². The van der Waals surface area contributed by atoms with E-state index in [9.17, 15) is 4.79 Å². The van der Waals surface area contributed by atoms with Crippen LogP contribution in [0.3, 0.4) is 0 Å². The number of fused-ring (bicyclic) bond motifs is 1. The molecule has 1 heterocycles. The fourth-order valence-corrected chi connectivity index (χ4v) is 5.34. The van der Waals surface area contributed by atoms with E-state index in [4.69, 9.17) is 21.1 Å². The van der Waals surface area contributed by atoms with Crippen molar-refractivity contribution < 1.29 is 14.3 Å². The van der Waals surface area contributed by atoms with E-state index in [-0.39, 0.29) is 12.1 Å². The number of allylic oxidation sites excluding steroid dienone is 1. The van der Waals surface area contributed by atoms with Gasteiger partial charge in [-0.05, 0) is 74.4 Å². The van der Waals surface area contributed by atoms with E-state index >= 15 is 0 Å². The predicted octanol–water partition coefficient (Wildman–Crippen LogP) is 7.89. The van der Waals surface area contributed by atoms with Crippen molar-refractivity contribution in [3.8, 4) is 5.75 Å². The Balaban J connectivity index is 1.82. The molecule has 5 heteroatoms. The van der Waals surface area contributed by atoms with Gasteiger partial charge in [-0.25, -0.2) is 4.79 Å². The molecular formula is C28H34ClNO3. The lowest BCUT2D eigenvalue weighted by Crippen LogP contribution is -2.43. The maximum absolute atomic E-state index is 13.7. The summed E-state index contributed by atoms with van der Waals surface area (Å²) in [6.07, 6.45) is 7.62. The minimum atomic E-state index is -0.599. The van der Waals surface area contributed by atoms with E-state index in [1.54, 1.807) is 7.11 Å². The molecule has 2 aromatic rings. The molecule has 4 rings (SSSR count). The summed E-state index contributed by atoms with van der Waals surface area (Å²) in [5.41, 5.74) is 3.54. The van der Waals surface area contributed by atoms with Gasteiger partial charge in [-0.3, -0.25) is 4.90 Å². The molecule has 2 atom stereocenters. The molecule has 0 N–H and O–H groups in total. The molecule has 0 radical (unpaired) electrons. The normalized spacial score (nSPS) is 20.0. The van der Waals surface area contributed by atoms with Gasteiger partial charge in [0.25, 0.3) is 0 Å². The molecule has 1 aliphatic heterocycles. The first kappa shape index (κ1) is 23.7. The fourth-order valence-electron chi connectivity index (χ4n) is 4.94. The first-order valence-corrected chi connectivity index (χ1v) is 12.3. The molecule has 33 heavy (non-hydrogen) atoms. The molecular weight excluding hydrogens is 434 g/mol. The Labute approximate surface area is 202 Å². The zero-order valence-corrected chi connectivity index (χ0v) is 20.8. The summed E-state index contributed by atoms with van der Waals surface area (Å²) in [4.78, 5) is 15.6. The van der Waals surface area contributed by atoms with Crippen molar-refractivity contribution in [2.24, 2.45) is 5.92 Å². The van der Waals surface area contributed by atoms with Gasteiger partial charge < -0.3 is 9.47 Å². The van der Waals surface area contributed by atoms with Crippen LogP contribution in [0.4, 0.5) is 4.79 Å². The maximum Gasteiger partial charge on any atom is 0.415 e. The topological polar surface area (TPSA) is 38.8 Å². The number of amides is 1. The minimum absolute atomic E-state index is 0.321. The minimum Gasteiger partial charge on any atom is -0.497 e. The van der Waals surface area contributed by atoms with Crippen LogP contribution in [0.1, 0.15) is 81.0 Å². The third-order valence-electron chi connectivity index (χ3n) is 6.50. The van der Waals surface area contributed by atoms with E-state index in [1.807, 2.05) is 62.1 Å². The van der Waals surface area contributed by atoms with Crippen LogP contribution in [0.5, 0.6) is 5.75 Å². The second-order valence-electron chi connectivity index (χ2n) is 10.0. The second kappa shape index (κ2) is 9.80. The number of methoxy groups -OCH3 is 1. The van der Waals surface area contributed by atoms with Crippen molar-refractivity contribution in [1.29, 1.82) is 0 Å². The van der Waals surface area contributed by atoms with Crippen molar-refractivity contribution >= 4 is 23.8 Å². The van der Waals surface area contributed by atoms with Crippen LogP contribution < -0.4 is 4.74 Å². The van der Waals surface area contributed by atoms with Gasteiger partial charge in [-0.2, -0.15) is 0 Å². The summed E-state index contributed by atoms with van der Waals surface area (Å²) < 4.78 is 11.3. The number of rotatable bonds is 4. The van der Waals surface area contributed by atoms with Crippen molar-refractivity contribution in [2.75, 3.05) is 7.11 Å². The van der Waals surface area contributed by atoms with Crippen molar-refractivity contribution in [1.82, 2.24) is 4.90 Å². The van der Waals surface area contributed by atoms with E-state index in [2.05, 4.69) is 18.2 Å². The van der Waals surface area contributed by atoms with Crippen molar-refractivity contribution in [3.63, 3.8) is 0 Å². The van der Waals surface area contributed by atoms with Gasteiger partial charge in [-0.1, -0.05) is 55.7 Å². The summed E-state index contributed by atoms with van der Waals surface area (Å²) in [6.45, 7) is 5.72. The van der Waals surface area contributed by atoms with E-state index in [0.29, 0.717) is 5.92 Å². The number of halogens is 1.